The van der Waals surface area contributed by atoms with E-state index in [4.69, 9.17) is 0 Å². The van der Waals surface area contributed by atoms with Crippen LogP contribution in [0.25, 0.3) is 0 Å². The minimum Gasteiger partial charge on any atom is -0.422 e. The Morgan fingerprint density at radius 2 is 2.18 bits per heavy atom. The molecule has 1 rings (SSSR count). The summed E-state index contributed by atoms with van der Waals surface area (Å²) in [6.45, 7) is 1.81. The molecule has 11 heavy (non-hydrogen) atoms. The van der Waals surface area contributed by atoms with Gasteiger partial charge in [-0.1, -0.05) is 13.1 Å². The van der Waals surface area contributed by atoms with E-state index in [-0.39, 0.29) is 38.4 Å². The first kappa shape index (κ1) is 10.8. The van der Waals surface area contributed by atoms with Crippen molar-refractivity contribution in [2.45, 2.75) is 6.92 Å². The molecule has 0 aromatic carbocycles. The van der Waals surface area contributed by atoms with E-state index < -0.39 is 0 Å². The maximum absolute atomic E-state index is 10.6. The first-order valence-electron chi connectivity index (χ1n) is 2.87. The fourth-order valence-electron chi connectivity index (χ4n) is 0.666. The van der Waals surface area contributed by atoms with Crippen molar-refractivity contribution >= 4 is 0 Å². The van der Waals surface area contributed by atoms with Crippen LogP contribution in [0.2, 0.25) is 0 Å². The predicted molar refractivity (Wildman–Crippen MR) is 36.5 cm³/mol. The zero-order chi connectivity index (χ0) is 7.56. The van der Waals surface area contributed by atoms with Gasteiger partial charge >= 0.3 is 0 Å². The Morgan fingerprint density at radius 3 is 2.64 bits per heavy atom. The number of hydrogen-bond acceptors (Lipinski definition) is 2. The topological polar surface area (TPSA) is 61.0 Å². The number of hydrogen-bond donors (Lipinski definition) is 2. The number of nitrogens with one attached hydrogen (secondary N) is 2. The van der Waals surface area contributed by atoms with Crippen LogP contribution >= 0.6 is 0 Å². The Hall–Kier alpha value is -0.216. The molecule has 0 saturated carbocycles. The number of aromatic nitrogens is 2. The quantitative estimate of drug-likeness (QED) is 0.568. The Balaban J connectivity index is 0.000001000. The van der Waals surface area contributed by atoms with E-state index in [9.17, 15) is 4.79 Å². The van der Waals surface area contributed by atoms with Crippen molar-refractivity contribution < 1.29 is 32.7 Å². The number of nitrogens with zero attached hydrogens (tertiary/aromatic N) is 1. The molecule has 1 radical (unpaired) electrons. The van der Waals surface area contributed by atoms with Gasteiger partial charge in [0.1, 0.15) is 0 Å². The summed E-state index contributed by atoms with van der Waals surface area (Å²) in [7, 11) is 1.62. The minimum atomic E-state index is -0.286. The molecule has 0 unspecified atom stereocenters. The average molecular weight is 227 g/mol. The minimum absolute atomic E-state index is 0. The number of aromatic amines is 2. The maximum atomic E-state index is 10.6. The molecule has 5 heteroatoms. The SMILES string of the molecule is CN=c1[nH]c(=O)[nH][c-]c1C.[Y]. The summed E-state index contributed by atoms with van der Waals surface area (Å²) < 4.78 is 0. The predicted octanol–water partition coefficient (Wildman–Crippen LogP) is -0.660. The summed E-state index contributed by atoms with van der Waals surface area (Å²) >= 11 is 0. The van der Waals surface area contributed by atoms with Gasteiger partial charge in [-0.15, -0.1) is 5.56 Å². The first-order chi connectivity index (χ1) is 4.74. The molecule has 57 valence electrons. The van der Waals surface area contributed by atoms with Gasteiger partial charge in [-0.2, -0.15) is 0 Å². The molecule has 0 saturated heterocycles. The van der Waals surface area contributed by atoms with Crippen molar-refractivity contribution in [3.8, 4) is 0 Å². The molecule has 2 N–H and O–H groups in total. The van der Waals surface area contributed by atoms with E-state index in [1.165, 1.54) is 0 Å². The monoisotopic (exact) mass is 227 g/mol. The molecule has 0 aliphatic heterocycles. The van der Waals surface area contributed by atoms with E-state index in [0.29, 0.717) is 5.49 Å². The molecular weight excluding hydrogens is 219 g/mol. The molecular formula is C6H8N3OY-. The molecule has 1 heterocycles. The molecule has 1 aromatic heterocycles. The second-order valence-corrected chi connectivity index (χ2v) is 1.90. The molecule has 0 aliphatic carbocycles. The van der Waals surface area contributed by atoms with Gasteiger partial charge < -0.3 is 19.8 Å². The molecule has 4 nitrogen and oxygen atoms in total. The molecule has 0 aliphatic rings. The number of H-pyrrole nitrogens is 2. The van der Waals surface area contributed by atoms with Crippen LogP contribution in [0.4, 0.5) is 0 Å². The summed E-state index contributed by atoms with van der Waals surface area (Å²) in [4.78, 5) is 19.3. The standard InChI is InChI=1S/C6H8N3O.Y/c1-4-3-8-6(10)9-5(4)7-2;/h1-2H3,(H2,7,8,9,10);/q-1;. The fraction of sp³-hybridized carbons (Fsp3) is 0.333. The van der Waals surface area contributed by atoms with Gasteiger partial charge in [0, 0.05) is 45.2 Å². The Labute approximate surface area is 89.0 Å². The normalized spacial score (nSPS) is 10.9. The van der Waals surface area contributed by atoms with Crippen LogP contribution < -0.4 is 11.2 Å². The van der Waals surface area contributed by atoms with E-state index in [2.05, 4.69) is 21.2 Å². The number of aryl methyl sites for hydroxylation is 1. The smallest absolute Gasteiger partial charge is 0.209 e. The summed E-state index contributed by atoms with van der Waals surface area (Å²) in [5.74, 6) is 0. The summed E-state index contributed by atoms with van der Waals surface area (Å²) in [5, 5.41) is 0. The summed E-state index contributed by atoms with van der Waals surface area (Å²) in [6.07, 6.45) is 2.66. The Bertz CT molecular complexity index is 338. The second kappa shape index (κ2) is 4.62. The van der Waals surface area contributed by atoms with E-state index >= 15 is 0 Å². The maximum Gasteiger partial charge on any atom is 0.209 e. The van der Waals surface area contributed by atoms with Crippen molar-refractivity contribution in [3.05, 3.63) is 27.7 Å². The van der Waals surface area contributed by atoms with Gasteiger partial charge in [0.05, 0.1) is 0 Å². The van der Waals surface area contributed by atoms with Crippen LogP contribution in [0.5, 0.6) is 0 Å². The molecule has 0 atom stereocenters. The average Bonchev–Trinajstić information content (AvgIpc) is 1.94. The van der Waals surface area contributed by atoms with Crippen molar-refractivity contribution in [2.24, 2.45) is 4.99 Å². The van der Waals surface area contributed by atoms with E-state index in [1.807, 2.05) is 6.92 Å². The third-order valence-electron chi connectivity index (χ3n) is 1.17. The Kier molecular flexibility index (Phi) is 4.53. The first-order valence-corrected chi connectivity index (χ1v) is 2.87. The van der Waals surface area contributed by atoms with E-state index in [0.717, 1.165) is 5.56 Å². The van der Waals surface area contributed by atoms with Crippen LogP contribution in [0.3, 0.4) is 0 Å². The van der Waals surface area contributed by atoms with Crippen molar-refractivity contribution in [1.82, 2.24) is 9.97 Å². The zero-order valence-corrected chi connectivity index (χ0v) is 9.27. The van der Waals surface area contributed by atoms with Gasteiger partial charge in [0.25, 0.3) is 0 Å². The Morgan fingerprint density at radius 1 is 1.55 bits per heavy atom. The van der Waals surface area contributed by atoms with Crippen LogP contribution in [0.1, 0.15) is 5.56 Å². The molecule has 0 fully saturated rings. The van der Waals surface area contributed by atoms with Crippen molar-refractivity contribution in [3.63, 3.8) is 0 Å². The van der Waals surface area contributed by atoms with Gasteiger partial charge in [0.15, 0.2) is 0 Å². The summed E-state index contributed by atoms with van der Waals surface area (Å²) in [6, 6.07) is 0. The van der Waals surface area contributed by atoms with Gasteiger partial charge in [-0.05, 0) is 0 Å². The molecule has 0 amide bonds. The molecule has 1 aromatic rings. The van der Waals surface area contributed by atoms with Crippen LogP contribution in [0.15, 0.2) is 9.79 Å². The van der Waals surface area contributed by atoms with Crippen molar-refractivity contribution in [2.75, 3.05) is 7.05 Å². The van der Waals surface area contributed by atoms with Crippen molar-refractivity contribution in [1.29, 1.82) is 0 Å². The van der Waals surface area contributed by atoms with Crippen LogP contribution in [-0.4, -0.2) is 17.0 Å². The van der Waals surface area contributed by atoms with Gasteiger partial charge in [-0.3, -0.25) is 0 Å². The molecule has 0 bridgehead atoms. The van der Waals surface area contributed by atoms with Crippen LogP contribution in [-0.2, 0) is 32.7 Å². The van der Waals surface area contributed by atoms with Crippen LogP contribution in [0, 0.1) is 13.1 Å². The third-order valence-corrected chi connectivity index (χ3v) is 1.17. The fourth-order valence-corrected chi connectivity index (χ4v) is 0.666. The molecule has 0 spiro atoms. The second-order valence-electron chi connectivity index (χ2n) is 1.90. The van der Waals surface area contributed by atoms with Gasteiger partial charge in [-0.25, -0.2) is 0 Å². The summed E-state index contributed by atoms with van der Waals surface area (Å²) in [5.41, 5.74) is 1.09. The largest absolute Gasteiger partial charge is 0.422 e. The van der Waals surface area contributed by atoms with E-state index in [1.54, 1.807) is 7.05 Å². The number of rotatable bonds is 0. The zero-order valence-electron chi connectivity index (χ0n) is 6.43. The third kappa shape index (κ3) is 2.71. The van der Waals surface area contributed by atoms with Gasteiger partial charge in [0.2, 0.25) is 5.69 Å².